The molecule has 6 heteroatoms. The quantitative estimate of drug-likeness (QED) is 0.693. The summed E-state index contributed by atoms with van der Waals surface area (Å²) in [4.78, 5) is 14.2. The summed E-state index contributed by atoms with van der Waals surface area (Å²) >= 11 is 0. The molecule has 2 aliphatic heterocycles. The van der Waals surface area contributed by atoms with Gasteiger partial charge in [-0.25, -0.2) is 0 Å². The number of nitrogens with zero attached hydrogens (tertiary/aromatic N) is 3. The lowest BCUT2D eigenvalue weighted by Crippen LogP contribution is -2.45. The van der Waals surface area contributed by atoms with E-state index in [1.807, 2.05) is 28.8 Å². The molecule has 1 amide bonds. The zero-order chi connectivity index (χ0) is 13.4. The van der Waals surface area contributed by atoms with Gasteiger partial charge in [-0.3, -0.25) is 14.8 Å². The van der Waals surface area contributed by atoms with E-state index in [1.54, 1.807) is 0 Å². The Balaban J connectivity index is 1.81. The van der Waals surface area contributed by atoms with E-state index in [4.69, 9.17) is 0 Å². The molecule has 2 N–H and O–H groups in total. The van der Waals surface area contributed by atoms with Gasteiger partial charge in [-0.05, 0) is 0 Å². The number of hydrogen-bond donors (Lipinski definition) is 2. The Labute approximate surface area is 111 Å². The van der Waals surface area contributed by atoms with Crippen LogP contribution in [-0.4, -0.2) is 44.8 Å². The smallest absolute Gasteiger partial charge is 0.244 e. The molecular formula is C13H18N4O2. The highest BCUT2D eigenvalue weighted by Crippen LogP contribution is 2.23. The van der Waals surface area contributed by atoms with Gasteiger partial charge in [0.15, 0.2) is 0 Å². The molecule has 102 valence electrons. The summed E-state index contributed by atoms with van der Waals surface area (Å²) < 4.78 is 1.82. The first-order chi connectivity index (χ1) is 9.20. The van der Waals surface area contributed by atoms with Crippen LogP contribution in [0.25, 0.3) is 0 Å². The minimum Gasteiger partial charge on any atom is -0.390 e. The van der Waals surface area contributed by atoms with Crippen molar-refractivity contribution >= 4 is 5.91 Å². The summed E-state index contributed by atoms with van der Waals surface area (Å²) in [6.45, 7) is 1.93. The number of carbonyl (C=O) groups excluding carboxylic acids is 1. The first-order valence-electron chi connectivity index (χ1n) is 6.54. The van der Waals surface area contributed by atoms with Crippen LogP contribution in [0.1, 0.15) is 17.0 Å². The zero-order valence-corrected chi connectivity index (χ0v) is 11.0. The van der Waals surface area contributed by atoms with Gasteiger partial charge in [0.2, 0.25) is 5.91 Å². The maximum Gasteiger partial charge on any atom is 0.244 e. The Bertz CT molecular complexity index is 535. The predicted molar refractivity (Wildman–Crippen MR) is 69.2 cm³/mol. The van der Waals surface area contributed by atoms with Crippen LogP contribution >= 0.6 is 0 Å². The second-order valence-electron chi connectivity index (χ2n) is 4.98. The topological polar surface area (TPSA) is 70.4 Å². The highest BCUT2D eigenvalue weighted by molar-refractivity contribution is 5.84. The predicted octanol–water partition coefficient (Wildman–Crippen LogP) is -0.675. The van der Waals surface area contributed by atoms with Crippen molar-refractivity contribution in [3.8, 4) is 0 Å². The van der Waals surface area contributed by atoms with E-state index in [-0.39, 0.29) is 18.6 Å². The Kier molecular flexibility index (Phi) is 3.12. The van der Waals surface area contributed by atoms with Crippen LogP contribution in [0.5, 0.6) is 0 Å². The van der Waals surface area contributed by atoms with Crippen LogP contribution in [0.15, 0.2) is 12.2 Å². The van der Waals surface area contributed by atoms with E-state index in [9.17, 15) is 9.90 Å². The fourth-order valence-corrected chi connectivity index (χ4v) is 2.82. The van der Waals surface area contributed by atoms with Crippen molar-refractivity contribution in [2.45, 2.75) is 25.6 Å². The van der Waals surface area contributed by atoms with Crippen molar-refractivity contribution in [1.82, 2.24) is 20.0 Å². The number of rotatable bonds is 2. The summed E-state index contributed by atoms with van der Waals surface area (Å²) in [6, 6.07) is -0.198. The third kappa shape index (κ3) is 2.06. The standard InChI is InChI=1S/C13H18N4O2/c1-16-12-4-6-17(7-9(12)11(8-18)15-16)13(19)10-3-2-5-14-10/h2-3,10,14,18H,4-8H2,1H3/t10-/m1/s1. The lowest BCUT2D eigenvalue weighted by atomic mass is 10.0. The molecule has 2 aliphatic rings. The van der Waals surface area contributed by atoms with Gasteiger partial charge in [-0.15, -0.1) is 0 Å². The molecule has 0 saturated carbocycles. The average Bonchev–Trinajstić information content (AvgIpc) is 3.06. The molecule has 1 aromatic rings. The molecule has 19 heavy (non-hydrogen) atoms. The van der Waals surface area contributed by atoms with Gasteiger partial charge in [0, 0.05) is 44.4 Å². The Morgan fingerprint density at radius 1 is 1.63 bits per heavy atom. The molecule has 0 radical (unpaired) electrons. The number of nitrogens with one attached hydrogen (secondary N) is 1. The molecule has 0 saturated heterocycles. The maximum atomic E-state index is 12.3. The van der Waals surface area contributed by atoms with Crippen LogP contribution in [0, 0.1) is 0 Å². The fraction of sp³-hybridized carbons (Fsp3) is 0.538. The van der Waals surface area contributed by atoms with Crippen LogP contribution in [-0.2, 0) is 31.4 Å². The Morgan fingerprint density at radius 2 is 2.47 bits per heavy atom. The van der Waals surface area contributed by atoms with Gasteiger partial charge in [0.05, 0.1) is 12.3 Å². The molecule has 0 fully saturated rings. The third-order valence-electron chi connectivity index (χ3n) is 3.84. The molecule has 0 unspecified atom stereocenters. The molecule has 1 atom stereocenters. The molecule has 0 spiro atoms. The van der Waals surface area contributed by atoms with Crippen molar-refractivity contribution in [2.24, 2.45) is 7.05 Å². The highest BCUT2D eigenvalue weighted by Gasteiger charge is 2.29. The van der Waals surface area contributed by atoms with Gasteiger partial charge < -0.3 is 10.0 Å². The van der Waals surface area contributed by atoms with Gasteiger partial charge in [0.25, 0.3) is 0 Å². The summed E-state index contributed by atoms with van der Waals surface area (Å²) in [5, 5.41) is 16.8. The maximum absolute atomic E-state index is 12.3. The molecule has 3 rings (SSSR count). The minimum atomic E-state index is -0.198. The zero-order valence-electron chi connectivity index (χ0n) is 11.0. The van der Waals surface area contributed by atoms with Crippen molar-refractivity contribution < 1.29 is 9.90 Å². The molecule has 1 aromatic heterocycles. The summed E-state index contributed by atoms with van der Waals surface area (Å²) in [5.41, 5.74) is 2.82. The number of aromatic nitrogens is 2. The molecule has 0 aliphatic carbocycles. The summed E-state index contributed by atoms with van der Waals surface area (Å²) in [5.74, 6) is 0.104. The number of aryl methyl sites for hydroxylation is 1. The largest absolute Gasteiger partial charge is 0.390 e. The SMILES string of the molecule is Cn1nc(CO)c2c1CCN(C(=O)[C@H]1C=CCN1)C2. The Morgan fingerprint density at radius 3 is 3.16 bits per heavy atom. The summed E-state index contributed by atoms with van der Waals surface area (Å²) in [6.07, 6.45) is 4.68. The first kappa shape index (κ1) is 12.4. The Hall–Kier alpha value is -1.66. The van der Waals surface area contributed by atoms with E-state index < -0.39 is 0 Å². The second-order valence-corrected chi connectivity index (χ2v) is 4.98. The van der Waals surface area contributed by atoms with E-state index in [0.717, 1.165) is 24.2 Å². The third-order valence-corrected chi connectivity index (χ3v) is 3.84. The van der Waals surface area contributed by atoms with E-state index in [2.05, 4.69) is 10.4 Å². The molecule has 6 nitrogen and oxygen atoms in total. The van der Waals surface area contributed by atoms with Crippen molar-refractivity contribution in [3.63, 3.8) is 0 Å². The van der Waals surface area contributed by atoms with Gasteiger partial charge >= 0.3 is 0 Å². The van der Waals surface area contributed by atoms with Crippen LogP contribution in [0.2, 0.25) is 0 Å². The number of fused-ring (bicyclic) bond motifs is 1. The minimum absolute atomic E-state index is 0.0766. The van der Waals surface area contributed by atoms with Gasteiger partial charge in [-0.1, -0.05) is 12.2 Å². The normalized spacial score (nSPS) is 21.8. The molecular weight excluding hydrogens is 244 g/mol. The fourth-order valence-electron chi connectivity index (χ4n) is 2.82. The number of amides is 1. The summed E-state index contributed by atoms with van der Waals surface area (Å²) in [7, 11) is 1.89. The first-order valence-corrected chi connectivity index (χ1v) is 6.54. The number of aliphatic hydroxyl groups excluding tert-OH is 1. The lowest BCUT2D eigenvalue weighted by Gasteiger charge is -2.29. The van der Waals surface area contributed by atoms with Crippen molar-refractivity contribution in [2.75, 3.05) is 13.1 Å². The number of hydrogen-bond acceptors (Lipinski definition) is 4. The monoisotopic (exact) mass is 262 g/mol. The van der Waals surface area contributed by atoms with E-state index in [0.29, 0.717) is 18.8 Å². The van der Waals surface area contributed by atoms with Gasteiger partial charge in [-0.2, -0.15) is 5.10 Å². The second kappa shape index (κ2) is 4.79. The van der Waals surface area contributed by atoms with Crippen molar-refractivity contribution in [1.29, 1.82) is 0 Å². The van der Waals surface area contributed by atoms with Crippen LogP contribution in [0.4, 0.5) is 0 Å². The molecule has 0 aromatic carbocycles. The average molecular weight is 262 g/mol. The van der Waals surface area contributed by atoms with Crippen LogP contribution in [0.3, 0.4) is 0 Å². The van der Waals surface area contributed by atoms with Gasteiger partial charge in [0.1, 0.15) is 6.04 Å². The van der Waals surface area contributed by atoms with E-state index in [1.165, 1.54) is 0 Å². The molecule has 0 bridgehead atoms. The lowest BCUT2D eigenvalue weighted by molar-refractivity contribution is -0.133. The number of aliphatic hydroxyl groups is 1. The van der Waals surface area contributed by atoms with Crippen LogP contribution < -0.4 is 5.32 Å². The number of carbonyl (C=O) groups is 1. The molecule has 3 heterocycles. The van der Waals surface area contributed by atoms with Crippen molar-refractivity contribution in [3.05, 3.63) is 29.1 Å². The highest BCUT2D eigenvalue weighted by atomic mass is 16.3. The van der Waals surface area contributed by atoms with E-state index >= 15 is 0 Å².